The fraction of sp³-hybridized carbons (Fsp3) is 0.273. The molecule has 0 bridgehead atoms. The first-order valence-corrected chi connectivity index (χ1v) is 11.9. The molecule has 1 aromatic heterocycles. The predicted octanol–water partition coefficient (Wildman–Crippen LogP) is 1.61. The smallest absolute Gasteiger partial charge is 0.330 e. The van der Waals surface area contributed by atoms with Crippen molar-refractivity contribution in [2.45, 2.75) is 19.5 Å². The molecule has 164 valence electrons. The van der Waals surface area contributed by atoms with E-state index in [1.165, 1.54) is 10.8 Å². The summed E-state index contributed by atoms with van der Waals surface area (Å²) in [5, 5.41) is 0. The fourth-order valence-corrected chi connectivity index (χ4v) is 4.05. The Morgan fingerprint density at radius 1 is 0.968 bits per heavy atom. The van der Waals surface area contributed by atoms with Crippen molar-refractivity contribution in [2.24, 2.45) is 0 Å². The molecule has 0 aliphatic carbocycles. The van der Waals surface area contributed by atoms with Crippen LogP contribution in [0.4, 0.5) is 11.5 Å². The van der Waals surface area contributed by atoms with Crippen molar-refractivity contribution in [2.75, 3.05) is 29.2 Å². The largest absolute Gasteiger partial charge is 0.383 e. The van der Waals surface area contributed by atoms with Gasteiger partial charge in [0.2, 0.25) is 0 Å². The van der Waals surface area contributed by atoms with Crippen LogP contribution in [0.5, 0.6) is 0 Å². The van der Waals surface area contributed by atoms with E-state index in [0.29, 0.717) is 19.5 Å². The highest BCUT2D eigenvalue weighted by molar-refractivity contribution is 7.90. The van der Waals surface area contributed by atoms with Gasteiger partial charge in [0, 0.05) is 19.3 Å². The lowest BCUT2D eigenvalue weighted by atomic mass is 10.2. The monoisotopic (exact) mass is 442 g/mol. The summed E-state index contributed by atoms with van der Waals surface area (Å²) >= 11 is 0. The second-order valence-corrected chi connectivity index (χ2v) is 9.72. The Labute approximate surface area is 180 Å². The maximum absolute atomic E-state index is 12.7. The number of nitrogen functional groups attached to an aromatic ring is 1. The van der Waals surface area contributed by atoms with Crippen molar-refractivity contribution in [1.29, 1.82) is 0 Å². The number of rotatable bonds is 9. The van der Waals surface area contributed by atoms with Gasteiger partial charge in [0.1, 0.15) is 21.3 Å². The van der Waals surface area contributed by atoms with Crippen LogP contribution in [0.15, 0.2) is 70.3 Å². The third-order valence-electron chi connectivity index (χ3n) is 4.87. The minimum Gasteiger partial charge on any atom is -0.383 e. The summed E-state index contributed by atoms with van der Waals surface area (Å²) < 4.78 is 24.5. The van der Waals surface area contributed by atoms with Gasteiger partial charge in [0.05, 0.1) is 12.3 Å². The molecule has 0 saturated heterocycles. The number of aromatic nitrogens is 2. The van der Waals surface area contributed by atoms with Crippen molar-refractivity contribution < 1.29 is 8.42 Å². The molecule has 1 heterocycles. The van der Waals surface area contributed by atoms with E-state index in [4.69, 9.17) is 5.73 Å². The van der Waals surface area contributed by atoms with Crippen molar-refractivity contribution in [1.82, 2.24) is 9.55 Å². The standard InChI is InChI=1S/C22H26N4O4S/c1-31(29,30)14-8-13-25(15-17-9-4-2-5-10-17)19-20(23)26(22(28)24-21(19)27)16-18-11-6-3-7-12-18/h2-7,9-12H,8,13-16,23H2,1H3,(H,24,27,28). The van der Waals surface area contributed by atoms with Crippen molar-refractivity contribution in [3.63, 3.8) is 0 Å². The van der Waals surface area contributed by atoms with Gasteiger partial charge in [0.25, 0.3) is 5.56 Å². The van der Waals surface area contributed by atoms with E-state index in [9.17, 15) is 18.0 Å². The molecule has 0 spiro atoms. The number of aromatic amines is 1. The molecule has 0 fully saturated rings. The third-order valence-corrected chi connectivity index (χ3v) is 5.90. The van der Waals surface area contributed by atoms with E-state index in [-0.39, 0.29) is 23.8 Å². The Morgan fingerprint density at radius 2 is 1.55 bits per heavy atom. The van der Waals surface area contributed by atoms with E-state index in [0.717, 1.165) is 11.1 Å². The van der Waals surface area contributed by atoms with Crippen molar-refractivity contribution in [3.8, 4) is 0 Å². The number of benzene rings is 2. The molecule has 3 N–H and O–H groups in total. The predicted molar refractivity (Wildman–Crippen MR) is 123 cm³/mol. The average Bonchev–Trinajstić information content (AvgIpc) is 2.71. The molecule has 3 rings (SSSR count). The van der Waals surface area contributed by atoms with Crippen molar-refractivity contribution in [3.05, 3.63) is 92.6 Å². The third kappa shape index (κ3) is 6.08. The van der Waals surface area contributed by atoms with Gasteiger partial charge in [-0.2, -0.15) is 0 Å². The zero-order chi connectivity index (χ0) is 22.4. The summed E-state index contributed by atoms with van der Waals surface area (Å²) in [6.07, 6.45) is 1.50. The molecule has 2 aromatic carbocycles. The van der Waals surface area contributed by atoms with Crippen LogP contribution in [0, 0.1) is 0 Å². The Kier molecular flexibility index (Phi) is 6.96. The Bertz CT molecular complexity index is 1240. The number of nitrogens with one attached hydrogen (secondary N) is 1. The van der Waals surface area contributed by atoms with Gasteiger partial charge in [0.15, 0.2) is 0 Å². The van der Waals surface area contributed by atoms with Gasteiger partial charge in [-0.1, -0.05) is 60.7 Å². The highest BCUT2D eigenvalue weighted by atomic mass is 32.2. The lowest BCUT2D eigenvalue weighted by Gasteiger charge is -2.26. The summed E-state index contributed by atoms with van der Waals surface area (Å²) in [6.45, 7) is 0.845. The average molecular weight is 443 g/mol. The molecule has 0 radical (unpaired) electrons. The molecule has 0 aliphatic rings. The summed E-state index contributed by atoms with van der Waals surface area (Å²) in [4.78, 5) is 29.3. The molecule has 9 heteroatoms. The first-order valence-electron chi connectivity index (χ1n) is 9.88. The zero-order valence-electron chi connectivity index (χ0n) is 17.3. The van der Waals surface area contributed by atoms with Crippen LogP contribution in [0.3, 0.4) is 0 Å². The van der Waals surface area contributed by atoms with E-state index in [1.807, 2.05) is 60.7 Å². The van der Waals surface area contributed by atoms with Gasteiger partial charge in [-0.25, -0.2) is 13.2 Å². The van der Waals surface area contributed by atoms with Crippen LogP contribution in [-0.2, 0) is 22.9 Å². The molecule has 0 atom stereocenters. The van der Waals surface area contributed by atoms with Crippen LogP contribution in [0.25, 0.3) is 0 Å². The quantitative estimate of drug-likeness (QED) is 0.520. The topological polar surface area (TPSA) is 118 Å². The molecule has 0 saturated carbocycles. The maximum atomic E-state index is 12.7. The Balaban J connectivity index is 2.00. The van der Waals surface area contributed by atoms with Crippen molar-refractivity contribution >= 4 is 21.3 Å². The highest BCUT2D eigenvalue weighted by Crippen LogP contribution is 2.20. The van der Waals surface area contributed by atoms with Crippen LogP contribution in [0.2, 0.25) is 0 Å². The maximum Gasteiger partial charge on any atom is 0.330 e. The fourth-order valence-electron chi connectivity index (χ4n) is 3.40. The second kappa shape index (κ2) is 9.65. The summed E-state index contributed by atoms with van der Waals surface area (Å²) in [7, 11) is -3.15. The number of nitrogens with two attached hydrogens (primary N) is 1. The lowest BCUT2D eigenvalue weighted by molar-refractivity contribution is 0.598. The van der Waals surface area contributed by atoms with Gasteiger partial charge in [-0.05, 0) is 17.5 Å². The molecular formula is C22H26N4O4S. The van der Waals surface area contributed by atoms with Crippen LogP contribution >= 0.6 is 0 Å². The van der Waals surface area contributed by atoms with Gasteiger partial charge >= 0.3 is 5.69 Å². The number of hydrogen-bond donors (Lipinski definition) is 2. The first kappa shape index (κ1) is 22.4. The lowest BCUT2D eigenvalue weighted by Crippen LogP contribution is -2.39. The Hall–Kier alpha value is -3.33. The van der Waals surface area contributed by atoms with E-state index in [1.54, 1.807) is 4.90 Å². The number of sulfone groups is 1. The number of anilines is 2. The van der Waals surface area contributed by atoms with E-state index in [2.05, 4.69) is 4.98 Å². The molecule has 31 heavy (non-hydrogen) atoms. The summed E-state index contributed by atoms with van der Waals surface area (Å²) in [5.41, 5.74) is 7.09. The molecule has 0 aliphatic heterocycles. The van der Waals surface area contributed by atoms with Crippen LogP contribution in [-0.4, -0.2) is 36.5 Å². The van der Waals surface area contributed by atoms with Gasteiger partial charge in [-0.15, -0.1) is 0 Å². The molecule has 0 amide bonds. The van der Waals surface area contributed by atoms with E-state index < -0.39 is 21.1 Å². The number of H-pyrrole nitrogens is 1. The zero-order valence-corrected chi connectivity index (χ0v) is 18.1. The number of hydrogen-bond acceptors (Lipinski definition) is 6. The Morgan fingerprint density at radius 3 is 2.13 bits per heavy atom. The first-order chi connectivity index (χ1) is 14.7. The van der Waals surface area contributed by atoms with Gasteiger partial charge < -0.3 is 10.6 Å². The van der Waals surface area contributed by atoms with Crippen LogP contribution in [0.1, 0.15) is 17.5 Å². The molecular weight excluding hydrogens is 416 g/mol. The van der Waals surface area contributed by atoms with E-state index >= 15 is 0 Å². The molecule has 8 nitrogen and oxygen atoms in total. The minimum absolute atomic E-state index is 0.0141. The summed E-state index contributed by atoms with van der Waals surface area (Å²) in [5.74, 6) is 0.0348. The minimum atomic E-state index is -3.15. The normalized spacial score (nSPS) is 11.4. The number of nitrogens with zero attached hydrogens (tertiary/aromatic N) is 2. The molecule has 3 aromatic rings. The van der Waals surface area contributed by atoms with Crippen LogP contribution < -0.4 is 21.9 Å². The SMILES string of the molecule is CS(=O)(=O)CCCN(Cc1ccccc1)c1c(N)n(Cc2ccccc2)c(=O)[nH]c1=O. The molecule has 0 unspecified atom stereocenters. The second-order valence-electron chi connectivity index (χ2n) is 7.46. The van der Waals surface area contributed by atoms with Gasteiger partial charge in [-0.3, -0.25) is 14.3 Å². The summed E-state index contributed by atoms with van der Waals surface area (Å²) in [6, 6.07) is 18.8. The highest BCUT2D eigenvalue weighted by Gasteiger charge is 2.20.